The van der Waals surface area contributed by atoms with Gasteiger partial charge in [0.05, 0.1) is 16.4 Å². The molecule has 0 amide bonds. The van der Waals surface area contributed by atoms with E-state index in [1.807, 2.05) is 0 Å². The molecule has 3 N–H and O–H groups in total. The third-order valence-corrected chi connectivity index (χ3v) is 6.48. The van der Waals surface area contributed by atoms with Crippen LogP contribution in [-0.2, 0) is 19.9 Å². The zero-order valence-electron chi connectivity index (χ0n) is 11.2. The van der Waals surface area contributed by atoms with Crippen molar-refractivity contribution in [3.8, 4) is 0 Å². The SMILES string of the molecule is Cc1cc(N)cc(S(=O)(=O)NC2CCS(=O)(=O)CC2)c1. The molecule has 2 rings (SSSR count). The summed E-state index contributed by atoms with van der Waals surface area (Å²) in [6, 6.07) is 4.28. The molecule has 0 spiro atoms. The van der Waals surface area contributed by atoms with E-state index in [1.54, 1.807) is 13.0 Å². The maximum absolute atomic E-state index is 12.3. The number of anilines is 1. The van der Waals surface area contributed by atoms with Crippen LogP contribution >= 0.6 is 0 Å². The summed E-state index contributed by atoms with van der Waals surface area (Å²) in [7, 11) is -6.67. The molecular weight excluding hydrogens is 300 g/mol. The molecule has 0 aliphatic carbocycles. The lowest BCUT2D eigenvalue weighted by atomic mass is 10.2. The van der Waals surface area contributed by atoms with Crippen LogP contribution in [-0.4, -0.2) is 34.4 Å². The molecule has 1 aliphatic rings. The monoisotopic (exact) mass is 318 g/mol. The standard InChI is InChI=1S/C12H18N2O4S2/c1-9-6-10(13)8-12(7-9)20(17,18)14-11-2-4-19(15,16)5-3-11/h6-8,11,14H,2-5,13H2,1H3. The minimum atomic E-state index is -3.67. The fourth-order valence-electron chi connectivity index (χ4n) is 2.23. The Morgan fingerprint density at radius 2 is 1.80 bits per heavy atom. The number of nitrogens with two attached hydrogens (primary N) is 1. The highest BCUT2D eigenvalue weighted by molar-refractivity contribution is 7.91. The highest BCUT2D eigenvalue weighted by atomic mass is 32.2. The number of hydrogen-bond donors (Lipinski definition) is 2. The minimum absolute atomic E-state index is 0.0240. The van der Waals surface area contributed by atoms with Gasteiger partial charge >= 0.3 is 0 Å². The Kier molecular flexibility index (Phi) is 4.08. The second kappa shape index (κ2) is 5.34. The molecule has 1 heterocycles. The summed E-state index contributed by atoms with van der Waals surface area (Å²) >= 11 is 0. The summed E-state index contributed by atoms with van der Waals surface area (Å²) in [5.74, 6) is 0.0479. The van der Waals surface area contributed by atoms with E-state index in [0.717, 1.165) is 5.56 Å². The van der Waals surface area contributed by atoms with E-state index in [2.05, 4.69) is 4.72 Å². The van der Waals surface area contributed by atoms with Crippen LogP contribution in [0.1, 0.15) is 18.4 Å². The summed E-state index contributed by atoms with van der Waals surface area (Å²) in [5, 5.41) is 0. The van der Waals surface area contributed by atoms with Gasteiger partial charge in [0.1, 0.15) is 9.84 Å². The van der Waals surface area contributed by atoms with Gasteiger partial charge in [-0.3, -0.25) is 0 Å². The molecule has 112 valence electrons. The maximum Gasteiger partial charge on any atom is 0.240 e. The molecule has 8 heteroatoms. The summed E-state index contributed by atoms with van der Waals surface area (Å²) < 4.78 is 49.7. The number of aryl methyl sites for hydroxylation is 1. The number of nitrogens with one attached hydrogen (secondary N) is 1. The van der Waals surface area contributed by atoms with Crippen molar-refractivity contribution in [3.63, 3.8) is 0 Å². The van der Waals surface area contributed by atoms with Crippen molar-refractivity contribution in [1.82, 2.24) is 4.72 Å². The van der Waals surface area contributed by atoms with Gasteiger partial charge in [-0.2, -0.15) is 0 Å². The van der Waals surface area contributed by atoms with E-state index >= 15 is 0 Å². The predicted octanol–water partition coefficient (Wildman–Crippen LogP) is 0.433. The smallest absolute Gasteiger partial charge is 0.240 e. The molecule has 1 fully saturated rings. The fourth-order valence-corrected chi connectivity index (χ4v) is 5.16. The molecule has 0 aromatic heterocycles. The number of nitrogen functional groups attached to an aromatic ring is 1. The summed E-state index contributed by atoms with van der Waals surface area (Å²) in [5.41, 5.74) is 6.80. The van der Waals surface area contributed by atoms with Crippen LogP contribution in [0.25, 0.3) is 0 Å². The lowest BCUT2D eigenvalue weighted by Crippen LogP contribution is -2.40. The first kappa shape index (κ1) is 15.3. The van der Waals surface area contributed by atoms with E-state index in [1.165, 1.54) is 12.1 Å². The van der Waals surface area contributed by atoms with E-state index < -0.39 is 19.9 Å². The minimum Gasteiger partial charge on any atom is -0.399 e. The van der Waals surface area contributed by atoms with Gasteiger partial charge in [-0.1, -0.05) is 0 Å². The van der Waals surface area contributed by atoms with Gasteiger partial charge in [0.25, 0.3) is 0 Å². The first-order chi connectivity index (χ1) is 9.18. The third-order valence-electron chi connectivity index (χ3n) is 3.26. The zero-order valence-corrected chi connectivity index (χ0v) is 12.8. The highest BCUT2D eigenvalue weighted by Crippen LogP contribution is 2.19. The summed E-state index contributed by atoms with van der Waals surface area (Å²) in [6.45, 7) is 1.77. The Bertz CT molecular complexity index is 677. The molecule has 0 unspecified atom stereocenters. The Hall–Kier alpha value is -1.12. The summed E-state index contributed by atoms with van der Waals surface area (Å²) in [4.78, 5) is 0.114. The lowest BCUT2D eigenvalue weighted by Gasteiger charge is -2.23. The third kappa shape index (κ3) is 3.71. The average Bonchev–Trinajstić information content (AvgIpc) is 2.30. The van der Waals surface area contributed by atoms with Gasteiger partial charge in [0, 0.05) is 11.7 Å². The largest absolute Gasteiger partial charge is 0.399 e. The lowest BCUT2D eigenvalue weighted by molar-refractivity contribution is 0.505. The topological polar surface area (TPSA) is 106 Å². The van der Waals surface area contributed by atoms with Gasteiger partial charge in [0.2, 0.25) is 10.0 Å². The van der Waals surface area contributed by atoms with Crippen LogP contribution in [0.4, 0.5) is 5.69 Å². The van der Waals surface area contributed by atoms with Crippen molar-refractivity contribution < 1.29 is 16.8 Å². The van der Waals surface area contributed by atoms with Crippen molar-refractivity contribution in [2.24, 2.45) is 0 Å². The Labute approximate surface area is 119 Å². The van der Waals surface area contributed by atoms with Crippen LogP contribution in [0.3, 0.4) is 0 Å². The second-order valence-corrected chi connectivity index (χ2v) is 9.14. The van der Waals surface area contributed by atoms with Crippen LogP contribution in [0.15, 0.2) is 23.1 Å². The molecule has 1 aromatic rings. The summed E-state index contributed by atoms with van der Waals surface area (Å²) in [6.07, 6.45) is 0.617. The van der Waals surface area contributed by atoms with Crippen molar-refractivity contribution >= 4 is 25.5 Å². The molecule has 1 aromatic carbocycles. The Morgan fingerprint density at radius 3 is 2.35 bits per heavy atom. The Morgan fingerprint density at radius 1 is 1.20 bits per heavy atom. The Balaban J connectivity index is 2.16. The molecule has 0 saturated carbocycles. The quantitative estimate of drug-likeness (QED) is 0.786. The maximum atomic E-state index is 12.3. The van der Waals surface area contributed by atoms with E-state index in [4.69, 9.17) is 5.73 Å². The first-order valence-electron chi connectivity index (χ1n) is 6.28. The van der Waals surface area contributed by atoms with Gasteiger partial charge in [-0.05, 0) is 43.5 Å². The van der Waals surface area contributed by atoms with Gasteiger partial charge in [0.15, 0.2) is 0 Å². The second-order valence-electron chi connectivity index (χ2n) is 5.13. The first-order valence-corrected chi connectivity index (χ1v) is 9.58. The predicted molar refractivity (Wildman–Crippen MR) is 77.6 cm³/mol. The molecule has 0 bridgehead atoms. The number of benzene rings is 1. The van der Waals surface area contributed by atoms with E-state index in [-0.39, 0.29) is 22.4 Å². The van der Waals surface area contributed by atoms with Crippen molar-refractivity contribution in [1.29, 1.82) is 0 Å². The average molecular weight is 318 g/mol. The fraction of sp³-hybridized carbons (Fsp3) is 0.500. The molecule has 0 radical (unpaired) electrons. The van der Waals surface area contributed by atoms with Crippen LogP contribution in [0, 0.1) is 6.92 Å². The number of rotatable bonds is 3. The van der Waals surface area contributed by atoms with Crippen LogP contribution in [0.2, 0.25) is 0 Å². The molecule has 1 aliphatic heterocycles. The van der Waals surface area contributed by atoms with Crippen molar-refractivity contribution in [2.45, 2.75) is 30.7 Å². The number of sulfone groups is 1. The van der Waals surface area contributed by atoms with Crippen LogP contribution < -0.4 is 10.5 Å². The zero-order chi connectivity index (χ0) is 15.0. The van der Waals surface area contributed by atoms with Crippen molar-refractivity contribution in [3.05, 3.63) is 23.8 Å². The van der Waals surface area contributed by atoms with E-state index in [0.29, 0.717) is 18.5 Å². The van der Waals surface area contributed by atoms with E-state index in [9.17, 15) is 16.8 Å². The number of sulfonamides is 1. The molecular formula is C12H18N2O4S2. The van der Waals surface area contributed by atoms with Crippen molar-refractivity contribution in [2.75, 3.05) is 17.2 Å². The van der Waals surface area contributed by atoms with Gasteiger partial charge < -0.3 is 5.73 Å². The normalized spacial score (nSPS) is 19.9. The molecule has 1 saturated heterocycles. The van der Waals surface area contributed by atoms with Gasteiger partial charge in [-0.25, -0.2) is 21.6 Å². The number of hydrogen-bond acceptors (Lipinski definition) is 5. The molecule has 6 nitrogen and oxygen atoms in total. The van der Waals surface area contributed by atoms with Gasteiger partial charge in [-0.15, -0.1) is 0 Å². The van der Waals surface area contributed by atoms with Crippen LogP contribution in [0.5, 0.6) is 0 Å². The molecule has 0 atom stereocenters. The highest BCUT2D eigenvalue weighted by Gasteiger charge is 2.27. The molecule has 20 heavy (non-hydrogen) atoms.